The number of benzene rings is 2. The van der Waals surface area contributed by atoms with Crippen LogP contribution in [0.5, 0.6) is 11.5 Å². The van der Waals surface area contributed by atoms with Crippen LogP contribution >= 0.6 is 0 Å². The molecule has 3 unspecified atom stereocenters. The van der Waals surface area contributed by atoms with Crippen molar-refractivity contribution in [1.29, 1.82) is 5.26 Å². The van der Waals surface area contributed by atoms with E-state index in [4.69, 9.17) is 14.2 Å². The highest BCUT2D eigenvalue weighted by atomic mass is 32.2. The summed E-state index contributed by atoms with van der Waals surface area (Å²) in [6.45, 7) is 4.34. The zero-order valence-corrected chi connectivity index (χ0v) is 16.5. The highest BCUT2D eigenvalue weighted by Crippen LogP contribution is 2.64. The van der Waals surface area contributed by atoms with E-state index in [0.29, 0.717) is 18.1 Å². The lowest BCUT2D eigenvalue weighted by Gasteiger charge is -2.10. The standard InChI is InChI=1S/C21H21NO5S/c1-3-25-12-21(11-22)19(15-6-9-17-18(10-15)27-13-26-17)20(21)28(23,24)16-7-4-14(2)5-8-16/h4-10,19-20H,3,12-13H2,1-2H3. The smallest absolute Gasteiger partial charge is 0.231 e. The quantitative estimate of drug-likeness (QED) is 0.741. The van der Waals surface area contributed by atoms with Gasteiger partial charge in [-0.2, -0.15) is 5.26 Å². The van der Waals surface area contributed by atoms with Crippen molar-refractivity contribution in [1.82, 2.24) is 0 Å². The van der Waals surface area contributed by atoms with E-state index >= 15 is 0 Å². The SMILES string of the molecule is CCOCC1(C#N)C(c2ccc3c(c2)OCO3)C1S(=O)(=O)c1ccc(C)cc1. The Morgan fingerprint density at radius 1 is 1.18 bits per heavy atom. The molecule has 0 N–H and O–H groups in total. The number of hydrogen-bond acceptors (Lipinski definition) is 6. The molecule has 4 rings (SSSR count). The first-order valence-electron chi connectivity index (χ1n) is 9.13. The summed E-state index contributed by atoms with van der Waals surface area (Å²) >= 11 is 0. The van der Waals surface area contributed by atoms with Gasteiger partial charge < -0.3 is 14.2 Å². The van der Waals surface area contributed by atoms with E-state index in [9.17, 15) is 13.7 Å². The molecule has 1 fully saturated rings. The van der Waals surface area contributed by atoms with E-state index in [-0.39, 0.29) is 18.3 Å². The predicted molar refractivity (Wildman–Crippen MR) is 102 cm³/mol. The van der Waals surface area contributed by atoms with Gasteiger partial charge in [-0.1, -0.05) is 23.8 Å². The first-order valence-corrected chi connectivity index (χ1v) is 10.7. The second-order valence-corrected chi connectivity index (χ2v) is 9.23. The van der Waals surface area contributed by atoms with Crippen molar-refractivity contribution < 1.29 is 22.6 Å². The molecule has 2 aliphatic rings. The second kappa shape index (κ2) is 6.80. The molecule has 2 aromatic rings. The van der Waals surface area contributed by atoms with Crippen LogP contribution in [0.25, 0.3) is 0 Å². The van der Waals surface area contributed by atoms with Crippen molar-refractivity contribution in [2.24, 2.45) is 5.41 Å². The largest absolute Gasteiger partial charge is 0.454 e. The lowest BCUT2D eigenvalue weighted by Crippen LogP contribution is -2.19. The summed E-state index contributed by atoms with van der Waals surface area (Å²) in [5, 5.41) is 9.11. The number of nitriles is 1. The molecular formula is C21H21NO5S. The van der Waals surface area contributed by atoms with Crippen LogP contribution in [-0.4, -0.2) is 33.7 Å². The van der Waals surface area contributed by atoms with Gasteiger partial charge in [-0.15, -0.1) is 0 Å². The van der Waals surface area contributed by atoms with Crippen LogP contribution < -0.4 is 9.47 Å². The number of nitrogens with zero attached hydrogens (tertiary/aromatic N) is 1. The van der Waals surface area contributed by atoms with Crippen molar-refractivity contribution in [3.63, 3.8) is 0 Å². The Kier molecular flexibility index (Phi) is 4.56. The summed E-state index contributed by atoms with van der Waals surface area (Å²) in [7, 11) is -3.72. The topological polar surface area (TPSA) is 85.6 Å². The van der Waals surface area contributed by atoms with Crippen LogP contribution in [0.4, 0.5) is 0 Å². The number of sulfone groups is 1. The molecule has 2 aromatic carbocycles. The summed E-state index contributed by atoms with van der Waals surface area (Å²) in [4.78, 5) is 0.225. The Hall–Kier alpha value is -2.56. The summed E-state index contributed by atoms with van der Waals surface area (Å²) in [5.41, 5.74) is 0.585. The molecule has 1 aliphatic carbocycles. The fourth-order valence-corrected chi connectivity index (χ4v) is 6.23. The van der Waals surface area contributed by atoms with Gasteiger partial charge in [0.25, 0.3) is 0 Å². The Labute approximate surface area is 164 Å². The maximum Gasteiger partial charge on any atom is 0.231 e. The Balaban J connectivity index is 1.77. The van der Waals surface area contributed by atoms with E-state index < -0.39 is 26.4 Å². The molecule has 0 spiro atoms. The molecule has 0 saturated heterocycles. The maximum atomic E-state index is 13.4. The summed E-state index contributed by atoms with van der Waals surface area (Å²) < 4.78 is 43.1. The van der Waals surface area contributed by atoms with Crippen molar-refractivity contribution >= 4 is 9.84 Å². The van der Waals surface area contributed by atoms with E-state index in [1.165, 1.54) is 0 Å². The van der Waals surface area contributed by atoms with Crippen LogP contribution in [0.2, 0.25) is 0 Å². The molecular weight excluding hydrogens is 378 g/mol. The Bertz CT molecular complexity index is 1040. The van der Waals surface area contributed by atoms with E-state index in [1.807, 2.05) is 13.8 Å². The molecule has 0 bridgehead atoms. The van der Waals surface area contributed by atoms with Crippen molar-refractivity contribution in [3.8, 4) is 17.6 Å². The van der Waals surface area contributed by atoms with Crippen molar-refractivity contribution in [2.75, 3.05) is 20.0 Å². The van der Waals surface area contributed by atoms with Crippen LogP contribution in [0, 0.1) is 23.7 Å². The van der Waals surface area contributed by atoms with Crippen molar-refractivity contribution in [2.45, 2.75) is 29.9 Å². The molecule has 0 amide bonds. The third-order valence-corrected chi connectivity index (χ3v) is 7.74. The number of hydrogen-bond donors (Lipinski definition) is 0. The fourth-order valence-electron chi connectivity index (χ4n) is 3.92. The molecule has 1 heterocycles. The molecule has 3 atom stereocenters. The average molecular weight is 399 g/mol. The zero-order valence-electron chi connectivity index (χ0n) is 15.7. The highest BCUT2D eigenvalue weighted by molar-refractivity contribution is 7.92. The predicted octanol–water partition coefficient (Wildman–Crippen LogP) is 3.21. The molecule has 7 heteroatoms. The number of rotatable bonds is 6. The zero-order chi connectivity index (χ0) is 19.9. The third kappa shape index (κ3) is 2.84. The Morgan fingerprint density at radius 2 is 1.89 bits per heavy atom. The molecule has 0 radical (unpaired) electrons. The summed E-state index contributed by atoms with van der Waals surface area (Å²) in [6, 6.07) is 14.3. The van der Waals surface area contributed by atoms with Gasteiger partial charge in [0.1, 0.15) is 5.41 Å². The first kappa shape index (κ1) is 18.8. The van der Waals surface area contributed by atoms with Crippen LogP contribution in [0.15, 0.2) is 47.4 Å². The minimum Gasteiger partial charge on any atom is -0.454 e. The number of aryl methyl sites for hydroxylation is 1. The van der Waals surface area contributed by atoms with Crippen LogP contribution in [-0.2, 0) is 14.6 Å². The summed E-state index contributed by atoms with van der Waals surface area (Å²) in [5.74, 6) is 0.693. The van der Waals surface area contributed by atoms with Crippen molar-refractivity contribution in [3.05, 3.63) is 53.6 Å². The molecule has 146 valence electrons. The second-order valence-electron chi connectivity index (χ2n) is 7.16. The fraction of sp³-hybridized carbons (Fsp3) is 0.381. The van der Waals surface area contributed by atoms with Gasteiger partial charge in [0, 0.05) is 12.5 Å². The van der Waals surface area contributed by atoms with Gasteiger partial charge in [-0.25, -0.2) is 8.42 Å². The normalized spacial score (nSPS) is 25.3. The minimum atomic E-state index is -3.72. The van der Waals surface area contributed by atoms with Gasteiger partial charge in [0.15, 0.2) is 21.3 Å². The van der Waals surface area contributed by atoms with E-state index in [2.05, 4.69) is 6.07 Å². The van der Waals surface area contributed by atoms with E-state index in [1.54, 1.807) is 42.5 Å². The highest BCUT2D eigenvalue weighted by Gasteiger charge is 2.72. The van der Waals surface area contributed by atoms with Gasteiger partial charge in [-0.05, 0) is 43.7 Å². The maximum absolute atomic E-state index is 13.4. The van der Waals surface area contributed by atoms with Gasteiger partial charge in [0.05, 0.1) is 22.8 Å². The number of fused-ring (bicyclic) bond motifs is 1. The molecule has 28 heavy (non-hydrogen) atoms. The van der Waals surface area contributed by atoms with Gasteiger partial charge >= 0.3 is 0 Å². The van der Waals surface area contributed by atoms with Gasteiger partial charge in [0.2, 0.25) is 6.79 Å². The van der Waals surface area contributed by atoms with Crippen LogP contribution in [0.3, 0.4) is 0 Å². The molecule has 1 saturated carbocycles. The first-order chi connectivity index (χ1) is 13.4. The number of ether oxygens (including phenoxy) is 3. The lowest BCUT2D eigenvalue weighted by atomic mass is 10.0. The average Bonchev–Trinajstić information content (AvgIpc) is 3.15. The Morgan fingerprint density at radius 3 is 2.57 bits per heavy atom. The monoisotopic (exact) mass is 399 g/mol. The lowest BCUT2D eigenvalue weighted by molar-refractivity contribution is 0.117. The molecule has 0 aromatic heterocycles. The molecule has 1 aliphatic heterocycles. The van der Waals surface area contributed by atoms with Crippen LogP contribution in [0.1, 0.15) is 24.0 Å². The van der Waals surface area contributed by atoms with E-state index in [0.717, 1.165) is 11.1 Å². The molecule has 6 nitrogen and oxygen atoms in total. The van der Waals surface area contributed by atoms with Gasteiger partial charge in [-0.3, -0.25) is 0 Å². The third-order valence-electron chi connectivity index (χ3n) is 5.45. The summed E-state index contributed by atoms with van der Waals surface area (Å²) in [6.07, 6.45) is 0. The minimum absolute atomic E-state index is 0.0644.